The normalized spacial score (nSPS) is 11.2. The van der Waals surface area contributed by atoms with Crippen LogP contribution in [0.4, 0.5) is 10.7 Å². The van der Waals surface area contributed by atoms with Crippen molar-refractivity contribution in [2.45, 2.75) is 11.4 Å². The molecular formula is C11H11N3O4S2. The predicted molar refractivity (Wildman–Crippen MR) is 76.1 cm³/mol. The van der Waals surface area contributed by atoms with Gasteiger partial charge in [-0.05, 0) is 30.3 Å². The molecule has 0 bridgehead atoms. The lowest BCUT2D eigenvalue weighted by Crippen LogP contribution is -2.11. The third-order valence-corrected chi connectivity index (χ3v) is 4.44. The van der Waals surface area contributed by atoms with Crippen LogP contribution in [0.2, 0.25) is 0 Å². The van der Waals surface area contributed by atoms with Crippen molar-refractivity contribution in [3.8, 4) is 0 Å². The van der Waals surface area contributed by atoms with Gasteiger partial charge in [0.2, 0.25) is 10.0 Å². The molecule has 20 heavy (non-hydrogen) atoms. The van der Waals surface area contributed by atoms with Crippen molar-refractivity contribution in [1.82, 2.24) is 0 Å². The van der Waals surface area contributed by atoms with E-state index in [1.807, 2.05) is 0 Å². The molecule has 7 nitrogen and oxygen atoms in total. The highest BCUT2D eigenvalue weighted by molar-refractivity contribution is 7.89. The van der Waals surface area contributed by atoms with Gasteiger partial charge in [-0.15, -0.1) is 0 Å². The molecule has 0 amide bonds. The number of nitrogens with two attached hydrogens (primary N) is 1. The van der Waals surface area contributed by atoms with Crippen LogP contribution in [0.1, 0.15) is 4.88 Å². The lowest BCUT2D eigenvalue weighted by molar-refractivity contribution is -0.380. The first kappa shape index (κ1) is 14.4. The average Bonchev–Trinajstić information content (AvgIpc) is 2.85. The Labute approximate surface area is 119 Å². The molecule has 0 saturated heterocycles. The summed E-state index contributed by atoms with van der Waals surface area (Å²) < 4.78 is 22.2. The highest BCUT2D eigenvalue weighted by atomic mass is 32.2. The molecule has 0 aliphatic heterocycles. The SMILES string of the molecule is NS(=O)(=O)c1ccc(NCc2ccc([N+](=O)[O-])s2)cc1. The number of hydrogen-bond donors (Lipinski definition) is 2. The average molecular weight is 313 g/mol. The van der Waals surface area contributed by atoms with Gasteiger partial charge < -0.3 is 5.32 Å². The molecule has 0 fully saturated rings. The van der Waals surface area contributed by atoms with E-state index in [0.29, 0.717) is 12.2 Å². The molecule has 1 heterocycles. The number of rotatable bonds is 5. The van der Waals surface area contributed by atoms with Crippen molar-refractivity contribution < 1.29 is 13.3 Å². The zero-order valence-electron chi connectivity index (χ0n) is 10.1. The van der Waals surface area contributed by atoms with Crippen molar-refractivity contribution in [1.29, 1.82) is 0 Å². The zero-order valence-corrected chi connectivity index (χ0v) is 11.8. The Morgan fingerprint density at radius 3 is 2.35 bits per heavy atom. The molecule has 0 aliphatic rings. The molecule has 1 aromatic heterocycles. The number of anilines is 1. The summed E-state index contributed by atoms with van der Waals surface area (Å²) in [7, 11) is -3.69. The first-order chi connectivity index (χ1) is 9.36. The molecule has 0 radical (unpaired) electrons. The minimum atomic E-state index is -3.69. The van der Waals surface area contributed by atoms with Gasteiger partial charge in [0.1, 0.15) is 0 Å². The Morgan fingerprint density at radius 1 is 1.20 bits per heavy atom. The molecule has 1 aromatic carbocycles. The number of sulfonamides is 1. The summed E-state index contributed by atoms with van der Waals surface area (Å²) in [6.45, 7) is 0.424. The van der Waals surface area contributed by atoms with E-state index in [2.05, 4.69) is 5.32 Å². The molecule has 9 heteroatoms. The molecule has 0 saturated carbocycles. The summed E-state index contributed by atoms with van der Waals surface area (Å²) in [5, 5.41) is 18.7. The van der Waals surface area contributed by atoms with Crippen molar-refractivity contribution >= 4 is 32.0 Å². The van der Waals surface area contributed by atoms with E-state index in [9.17, 15) is 18.5 Å². The first-order valence-corrected chi connectivity index (χ1v) is 7.82. The second kappa shape index (κ2) is 5.57. The number of benzene rings is 1. The number of nitrogens with one attached hydrogen (secondary N) is 1. The van der Waals surface area contributed by atoms with Gasteiger partial charge in [0.25, 0.3) is 0 Å². The fourth-order valence-corrected chi connectivity index (χ4v) is 2.79. The largest absolute Gasteiger partial charge is 0.380 e. The maximum atomic E-state index is 11.1. The topological polar surface area (TPSA) is 115 Å². The number of primary sulfonamides is 1. The lowest BCUT2D eigenvalue weighted by Gasteiger charge is -2.05. The van der Waals surface area contributed by atoms with Crippen LogP contribution in [-0.4, -0.2) is 13.3 Å². The van der Waals surface area contributed by atoms with Crippen molar-refractivity contribution in [2.24, 2.45) is 5.14 Å². The van der Waals surface area contributed by atoms with Crippen molar-refractivity contribution in [3.63, 3.8) is 0 Å². The van der Waals surface area contributed by atoms with E-state index in [4.69, 9.17) is 5.14 Å². The van der Waals surface area contributed by atoms with Crippen LogP contribution in [0.5, 0.6) is 0 Å². The maximum Gasteiger partial charge on any atom is 0.324 e. The van der Waals surface area contributed by atoms with E-state index < -0.39 is 14.9 Å². The molecule has 106 valence electrons. The van der Waals surface area contributed by atoms with Gasteiger partial charge in [-0.2, -0.15) is 0 Å². The van der Waals surface area contributed by atoms with Gasteiger partial charge in [0, 0.05) is 23.2 Å². The van der Waals surface area contributed by atoms with E-state index in [1.54, 1.807) is 18.2 Å². The fourth-order valence-electron chi connectivity index (χ4n) is 1.51. The number of nitrogens with zero attached hydrogens (tertiary/aromatic N) is 1. The fraction of sp³-hybridized carbons (Fsp3) is 0.0909. The van der Waals surface area contributed by atoms with Gasteiger partial charge >= 0.3 is 5.00 Å². The summed E-state index contributed by atoms with van der Waals surface area (Å²) in [4.78, 5) is 11.0. The standard InChI is InChI=1S/C11H11N3O4S2/c12-20(17,18)10-4-1-8(2-5-10)13-7-9-3-6-11(19-9)14(15)16/h1-6,13H,7H2,(H2,12,17,18). The number of nitro groups is 1. The number of thiophene rings is 1. The van der Waals surface area contributed by atoms with Crippen LogP contribution in [-0.2, 0) is 16.6 Å². The summed E-state index contributed by atoms with van der Waals surface area (Å²) in [6, 6.07) is 9.09. The van der Waals surface area contributed by atoms with Crippen LogP contribution in [0, 0.1) is 10.1 Å². The maximum absolute atomic E-state index is 11.1. The summed E-state index contributed by atoms with van der Waals surface area (Å²) in [5.41, 5.74) is 0.702. The molecule has 3 N–H and O–H groups in total. The van der Waals surface area contributed by atoms with Crippen molar-refractivity contribution in [2.75, 3.05) is 5.32 Å². The second-order valence-corrected chi connectivity index (χ2v) is 6.63. The van der Waals surface area contributed by atoms with E-state index in [1.165, 1.54) is 18.2 Å². The minimum Gasteiger partial charge on any atom is -0.380 e. The number of hydrogen-bond acceptors (Lipinski definition) is 6. The highest BCUT2D eigenvalue weighted by Crippen LogP contribution is 2.24. The minimum absolute atomic E-state index is 0.0369. The van der Waals surface area contributed by atoms with Gasteiger partial charge in [-0.1, -0.05) is 11.3 Å². The van der Waals surface area contributed by atoms with Crippen LogP contribution in [0.15, 0.2) is 41.3 Å². The highest BCUT2D eigenvalue weighted by Gasteiger charge is 2.10. The Balaban J connectivity index is 2.02. The molecule has 2 rings (SSSR count). The lowest BCUT2D eigenvalue weighted by atomic mass is 10.3. The van der Waals surface area contributed by atoms with Crippen LogP contribution >= 0.6 is 11.3 Å². The van der Waals surface area contributed by atoms with Gasteiger partial charge in [-0.25, -0.2) is 13.6 Å². The monoisotopic (exact) mass is 313 g/mol. The molecule has 0 spiro atoms. The van der Waals surface area contributed by atoms with E-state index >= 15 is 0 Å². The Hall–Kier alpha value is -1.97. The van der Waals surface area contributed by atoms with Gasteiger partial charge in [-0.3, -0.25) is 10.1 Å². The van der Waals surface area contributed by atoms with E-state index in [-0.39, 0.29) is 9.90 Å². The zero-order chi connectivity index (χ0) is 14.8. The molecule has 0 atom stereocenters. The quantitative estimate of drug-likeness (QED) is 0.646. The van der Waals surface area contributed by atoms with Gasteiger partial charge in [0.05, 0.1) is 9.82 Å². The molecule has 0 aliphatic carbocycles. The van der Waals surface area contributed by atoms with Crippen LogP contribution < -0.4 is 10.5 Å². The predicted octanol–water partition coefficient (Wildman–Crippen LogP) is 1.92. The first-order valence-electron chi connectivity index (χ1n) is 5.46. The third kappa shape index (κ3) is 3.53. The van der Waals surface area contributed by atoms with Crippen LogP contribution in [0.3, 0.4) is 0 Å². The molecule has 2 aromatic rings. The van der Waals surface area contributed by atoms with Crippen molar-refractivity contribution in [3.05, 3.63) is 51.4 Å². The summed E-state index contributed by atoms with van der Waals surface area (Å²) in [6.07, 6.45) is 0. The van der Waals surface area contributed by atoms with E-state index in [0.717, 1.165) is 16.2 Å². The Kier molecular flexibility index (Phi) is 4.02. The Bertz CT molecular complexity index is 722. The van der Waals surface area contributed by atoms with Gasteiger partial charge in [0.15, 0.2) is 0 Å². The smallest absolute Gasteiger partial charge is 0.324 e. The second-order valence-electron chi connectivity index (χ2n) is 3.92. The molecular weight excluding hydrogens is 302 g/mol. The summed E-state index contributed by atoms with van der Waals surface area (Å²) >= 11 is 1.09. The molecule has 0 unspecified atom stereocenters. The van der Waals surface area contributed by atoms with Crippen LogP contribution in [0.25, 0.3) is 0 Å². The third-order valence-electron chi connectivity index (χ3n) is 2.48. The Morgan fingerprint density at radius 2 is 1.85 bits per heavy atom. The summed E-state index contributed by atoms with van der Waals surface area (Å²) in [5.74, 6) is 0.